The van der Waals surface area contributed by atoms with Crippen LogP contribution >= 0.6 is 0 Å². The first-order chi connectivity index (χ1) is 5.80. The molecule has 2 amide bonds. The molecule has 0 N–H and O–H groups in total. The highest BCUT2D eigenvalue weighted by Crippen LogP contribution is 2.37. The number of nitrogens with zero attached hydrogens (tertiary/aromatic N) is 1. The maximum absolute atomic E-state index is 11.8. The van der Waals surface area contributed by atoms with Gasteiger partial charge in [0.05, 0.1) is 5.41 Å². The van der Waals surface area contributed by atoms with Crippen molar-refractivity contribution in [1.29, 1.82) is 0 Å². The van der Waals surface area contributed by atoms with E-state index >= 15 is 0 Å². The number of imide groups is 1. The highest BCUT2D eigenvalue weighted by atomic mass is 16.2. The Kier molecular flexibility index (Phi) is 2.22. The molecule has 0 aromatic carbocycles. The van der Waals surface area contributed by atoms with Crippen LogP contribution in [0.15, 0.2) is 0 Å². The zero-order valence-electron chi connectivity index (χ0n) is 8.92. The van der Waals surface area contributed by atoms with Crippen LogP contribution in [0.5, 0.6) is 0 Å². The molecule has 3 nitrogen and oxygen atoms in total. The summed E-state index contributed by atoms with van der Waals surface area (Å²) < 4.78 is 0. The predicted molar refractivity (Wildman–Crippen MR) is 49.9 cm³/mol. The van der Waals surface area contributed by atoms with Crippen LogP contribution in [0.1, 0.15) is 34.6 Å². The van der Waals surface area contributed by atoms with Crippen molar-refractivity contribution in [3.8, 4) is 0 Å². The van der Waals surface area contributed by atoms with Crippen molar-refractivity contribution in [1.82, 2.24) is 4.90 Å². The Bertz CT molecular complexity index is 256. The zero-order chi connectivity index (χ0) is 10.4. The average Bonchev–Trinajstić information content (AvgIpc) is 2.14. The summed E-state index contributed by atoms with van der Waals surface area (Å²) in [4.78, 5) is 24.9. The molecule has 0 aromatic rings. The summed E-state index contributed by atoms with van der Waals surface area (Å²) in [6.07, 6.45) is 0. The van der Waals surface area contributed by atoms with Crippen LogP contribution in [0.25, 0.3) is 0 Å². The molecule has 0 saturated carbocycles. The fraction of sp³-hybridized carbons (Fsp3) is 0.800. The molecular weight excluding hydrogens is 166 g/mol. The average molecular weight is 183 g/mol. The molecule has 0 aromatic heterocycles. The van der Waals surface area contributed by atoms with Gasteiger partial charge < -0.3 is 0 Å². The van der Waals surface area contributed by atoms with Gasteiger partial charge >= 0.3 is 0 Å². The lowest BCUT2D eigenvalue weighted by Crippen LogP contribution is -2.38. The van der Waals surface area contributed by atoms with E-state index in [-0.39, 0.29) is 23.8 Å². The van der Waals surface area contributed by atoms with Crippen LogP contribution in [-0.4, -0.2) is 22.8 Å². The molecule has 1 atom stereocenters. The van der Waals surface area contributed by atoms with Crippen LogP contribution < -0.4 is 0 Å². The van der Waals surface area contributed by atoms with Gasteiger partial charge in [-0.3, -0.25) is 14.5 Å². The lowest BCUT2D eigenvalue weighted by atomic mass is 9.82. The smallest absolute Gasteiger partial charge is 0.235 e. The maximum Gasteiger partial charge on any atom is 0.235 e. The maximum atomic E-state index is 11.8. The van der Waals surface area contributed by atoms with Crippen molar-refractivity contribution in [3.63, 3.8) is 0 Å². The molecule has 0 aliphatic carbocycles. The number of carbonyl (C=O) groups excluding carboxylic acids is 2. The summed E-state index contributed by atoms with van der Waals surface area (Å²) in [5.41, 5.74) is -0.526. The molecule has 1 aliphatic rings. The Morgan fingerprint density at radius 2 is 1.77 bits per heavy atom. The Hall–Kier alpha value is -0.860. The number of amides is 2. The quantitative estimate of drug-likeness (QED) is 0.577. The van der Waals surface area contributed by atoms with Crippen LogP contribution in [0.3, 0.4) is 0 Å². The third-order valence-corrected chi connectivity index (χ3v) is 2.98. The van der Waals surface area contributed by atoms with E-state index in [1.54, 1.807) is 0 Å². The molecule has 1 saturated heterocycles. The summed E-state index contributed by atoms with van der Waals surface area (Å²) in [6, 6.07) is -0.0239. The molecule has 1 rings (SSSR count). The van der Waals surface area contributed by atoms with E-state index in [0.29, 0.717) is 0 Å². The normalized spacial score (nSPS) is 27.5. The van der Waals surface area contributed by atoms with Crippen molar-refractivity contribution in [3.05, 3.63) is 0 Å². The molecule has 1 heterocycles. The van der Waals surface area contributed by atoms with E-state index in [4.69, 9.17) is 0 Å². The van der Waals surface area contributed by atoms with Gasteiger partial charge in [0.1, 0.15) is 0 Å². The number of hydrogen-bond donors (Lipinski definition) is 0. The molecule has 74 valence electrons. The summed E-state index contributed by atoms with van der Waals surface area (Å²) >= 11 is 0. The number of carbonyl (C=O) groups is 2. The van der Waals surface area contributed by atoms with Crippen LogP contribution in [-0.2, 0) is 9.59 Å². The fourth-order valence-corrected chi connectivity index (χ4v) is 1.60. The molecule has 1 aliphatic heterocycles. The van der Waals surface area contributed by atoms with Crippen LogP contribution in [0.4, 0.5) is 0 Å². The zero-order valence-corrected chi connectivity index (χ0v) is 8.92. The predicted octanol–water partition coefficient (Wildman–Crippen LogP) is 1.43. The van der Waals surface area contributed by atoms with Gasteiger partial charge in [-0.15, -0.1) is 0 Å². The molecule has 13 heavy (non-hydrogen) atoms. The van der Waals surface area contributed by atoms with Gasteiger partial charge in [-0.2, -0.15) is 0 Å². The Balaban J connectivity index is 3.06. The Morgan fingerprint density at radius 3 is 1.92 bits per heavy atom. The number of likely N-dealkylation sites (tertiary alicyclic amines) is 1. The van der Waals surface area contributed by atoms with Crippen molar-refractivity contribution >= 4 is 11.8 Å². The minimum absolute atomic E-state index is 0.0239. The third kappa shape index (κ3) is 1.26. The number of hydrogen-bond acceptors (Lipinski definition) is 2. The van der Waals surface area contributed by atoms with Gasteiger partial charge in [-0.05, 0) is 13.8 Å². The summed E-state index contributed by atoms with van der Waals surface area (Å²) in [5.74, 6) is -0.271. The second-order valence-electron chi connectivity index (χ2n) is 4.55. The topological polar surface area (TPSA) is 37.4 Å². The molecule has 0 bridgehead atoms. The minimum atomic E-state index is -0.526. The Morgan fingerprint density at radius 1 is 1.31 bits per heavy atom. The monoisotopic (exact) mass is 183 g/mol. The number of rotatable bonds is 1. The summed E-state index contributed by atoms with van der Waals surface area (Å²) in [5, 5.41) is 0. The van der Waals surface area contributed by atoms with Crippen LogP contribution in [0, 0.1) is 11.3 Å². The lowest BCUT2D eigenvalue weighted by molar-refractivity contribution is -0.142. The SMILES string of the molecule is CC(C)N1C(=O)C(C)C(C)(C)C1=O. The van der Waals surface area contributed by atoms with Crippen molar-refractivity contribution in [2.45, 2.75) is 40.7 Å². The molecule has 1 unspecified atom stereocenters. The van der Waals surface area contributed by atoms with E-state index in [9.17, 15) is 9.59 Å². The molecule has 0 radical (unpaired) electrons. The van der Waals surface area contributed by atoms with Gasteiger partial charge in [0.2, 0.25) is 11.8 Å². The van der Waals surface area contributed by atoms with Crippen molar-refractivity contribution < 1.29 is 9.59 Å². The van der Waals surface area contributed by atoms with Crippen molar-refractivity contribution in [2.24, 2.45) is 11.3 Å². The standard InChI is InChI=1S/C10H17NO2/c1-6(2)11-8(12)7(3)10(4,5)9(11)13/h6-7H,1-5H3. The fourth-order valence-electron chi connectivity index (χ4n) is 1.60. The molecular formula is C10H17NO2. The van der Waals surface area contributed by atoms with E-state index in [1.165, 1.54) is 4.90 Å². The minimum Gasteiger partial charge on any atom is -0.279 e. The highest BCUT2D eigenvalue weighted by molar-refractivity contribution is 6.07. The molecule has 3 heteroatoms. The van der Waals surface area contributed by atoms with Crippen molar-refractivity contribution in [2.75, 3.05) is 0 Å². The van der Waals surface area contributed by atoms with Gasteiger partial charge in [0.25, 0.3) is 0 Å². The highest BCUT2D eigenvalue weighted by Gasteiger charge is 2.51. The van der Waals surface area contributed by atoms with E-state index in [2.05, 4.69) is 0 Å². The van der Waals surface area contributed by atoms with E-state index < -0.39 is 5.41 Å². The molecule has 0 spiro atoms. The van der Waals surface area contributed by atoms with Gasteiger partial charge in [-0.25, -0.2) is 0 Å². The first kappa shape index (κ1) is 10.2. The van der Waals surface area contributed by atoms with E-state index in [0.717, 1.165) is 0 Å². The third-order valence-electron chi connectivity index (χ3n) is 2.98. The van der Waals surface area contributed by atoms with Crippen LogP contribution in [0.2, 0.25) is 0 Å². The van der Waals surface area contributed by atoms with Gasteiger partial charge in [-0.1, -0.05) is 20.8 Å². The van der Waals surface area contributed by atoms with Gasteiger partial charge in [0.15, 0.2) is 0 Å². The Labute approximate surface area is 79.1 Å². The second-order valence-corrected chi connectivity index (χ2v) is 4.55. The largest absolute Gasteiger partial charge is 0.279 e. The van der Waals surface area contributed by atoms with E-state index in [1.807, 2.05) is 34.6 Å². The second kappa shape index (κ2) is 2.82. The van der Waals surface area contributed by atoms with Gasteiger partial charge in [0, 0.05) is 12.0 Å². The molecule has 1 fully saturated rings. The first-order valence-corrected chi connectivity index (χ1v) is 4.67. The summed E-state index contributed by atoms with van der Waals surface area (Å²) in [6.45, 7) is 9.22. The lowest BCUT2D eigenvalue weighted by Gasteiger charge is -2.21. The first-order valence-electron chi connectivity index (χ1n) is 4.67. The summed E-state index contributed by atoms with van der Waals surface area (Å²) in [7, 11) is 0.